The van der Waals surface area contributed by atoms with Crippen molar-refractivity contribution in [1.82, 2.24) is 5.32 Å². The number of carbonyl (C=O) groups is 1. The molecular formula is C15H18N2O2. The van der Waals surface area contributed by atoms with E-state index >= 15 is 0 Å². The highest BCUT2D eigenvalue weighted by Crippen LogP contribution is 2.20. The van der Waals surface area contributed by atoms with E-state index in [1.54, 1.807) is 6.07 Å². The monoisotopic (exact) mass is 258 g/mol. The summed E-state index contributed by atoms with van der Waals surface area (Å²) in [6.45, 7) is 5.01. The third-order valence-electron chi connectivity index (χ3n) is 3.68. The summed E-state index contributed by atoms with van der Waals surface area (Å²) in [5.41, 5.74) is 2.04. The lowest BCUT2D eigenvalue weighted by atomic mass is 9.91. The molecule has 1 N–H and O–H groups in total. The lowest BCUT2D eigenvalue weighted by Crippen LogP contribution is -2.50. The van der Waals surface area contributed by atoms with Gasteiger partial charge in [-0.25, -0.2) is 0 Å². The van der Waals surface area contributed by atoms with Crippen LogP contribution in [0, 0.1) is 25.2 Å². The number of benzene rings is 1. The number of rotatable bonds is 2. The van der Waals surface area contributed by atoms with Crippen LogP contribution in [0.25, 0.3) is 0 Å². The van der Waals surface area contributed by atoms with Crippen LogP contribution in [-0.2, 0) is 4.74 Å². The Kier molecular flexibility index (Phi) is 3.87. The molecule has 1 aromatic rings. The maximum absolute atomic E-state index is 12.2. The first-order chi connectivity index (χ1) is 9.06. The van der Waals surface area contributed by atoms with Crippen LogP contribution in [0.1, 0.15) is 34.3 Å². The molecule has 4 heteroatoms. The number of aryl methyl sites for hydroxylation is 2. The van der Waals surface area contributed by atoms with E-state index in [-0.39, 0.29) is 5.91 Å². The number of hydrogen-bond donors (Lipinski definition) is 1. The maximum atomic E-state index is 12.2. The highest BCUT2D eigenvalue weighted by Gasteiger charge is 2.34. The molecule has 0 unspecified atom stereocenters. The molecule has 0 atom stereocenters. The summed E-state index contributed by atoms with van der Waals surface area (Å²) in [4.78, 5) is 12.2. The van der Waals surface area contributed by atoms with E-state index in [1.807, 2.05) is 26.0 Å². The summed E-state index contributed by atoms with van der Waals surface area (Å²) in [5, 5.41) is 12.2. The van der Waals surface area contributed by atoms with Gasteiger partial charge in [-0.15, -0.1) is 0 Å². The van der Waals surface area contributed by atoms with Crippen molar-refractivity contribution in [1.29, 1.82) is 5.26 Å². The first-order valence-corrected chi connectivity index (χ1v) is 6.45. The molecule has 0 radical (unpaired) electrons. The lowest BCUT2D eigenvalue weighted by Gasteiger charge is -2.31. The molecule has 0 bridgehead atoms. The molecule has 0 aliphatic carbocycles. The molecule has 1 amide bonds. The first kappa shape index (κ1) is 13.6. The molecule has 19 heavy (non-hydrogen) atoms. The number of ether oxygens (including phenoxy) is 1. The van der Waals surface area contributed by atoms with Crippen molar-refractivity contribution in [2.75, 3.05) is 13.2 Å². The third-order valence-corrected chi connectivity index (χ3v) is 3.68. The maximum Gasteiger partial charge on any atom is 0.252 e. The molecule has 4 nitrogen and oxygen atoms in total. The number of nitrogens with zero attached hydrogens (tertiary/aromatic N) is 1. The Hall–Kier alpha value is -1.86. The second-order valence-corrected chi connectivity index (χ2v) is 5.06. The van der Waals surface area contributed by atoms with Crippen molar-refractivity contribution in [2.24, 2.45) is 0 Å². The predicted molar refractivity (Wildman–Crippen MR) is 71.8 cm³/mol. The Morgan fingerprint density at radius 3 is 2.58 bits per heavy atom. The highest BCUT2D eigenvalue weighted by molar-refractivity contribution is 5.95. The SMILES string of the molecule is Cc1ccc(C(=O)NC2(C#N)CCOCC2)cc1C. The third kappa shape index (κ3) is 2.94. The minimum atomic E-state index is -0.784. The van der Waals surface area contributed by atoms with Crippen LogP contribution in [0.3, 0.4) is 0 Å². The van der Waals surface area contributed by atoms with E-state index in [0.717, 1.165) is 11.1 Å². The van der Waals surface area contributed by atoms with Crippen LogP contribution in [0.4, 0.5) is 0 Å². The quantitative estimate of drug-likeness (QED) is 0.883. The van der Waals surface area contributed by atoms with E-state index < -0.39 is 5.54 Å². The zero-order chi connectivity index (χ0) is 13.9. The van der Waals surface area contributed by atoms with Crippen LogP contribution in [-0.4, -0.2) is 24.7 Å². The van der Waals surface area contributed by atoms with Crippen LogP contribution in [0.5, 0.6) is 0 Å². The first-order valence-electron chi connectivity index (χ1n) is 6.45. The summed E-state index contributed by atoms with van der Waals surface area (Å²) in [6.07, 6.45) is 1.08. The Bertz CT molecular complexity index is 525. The van der Waals surface area contributed by atoms with Crippen LogP contribution >= 0.6 is 0 Å². The molecule has 1 aliphatic rings. The largest absolute Gasteiger partial charge is 0.381 e. The van der Waals surface area contributed by atoms with E-state index in [0.29, 0.717) is 31.6 Å². The predicted octanol–water partition coefficient (Wildman–Crippen LogP) is 2.11. The summed E-state index contributed by atoms with van der Waals surface area (Å²) in [6, 6.07) is 7.81. The second kappa shape index (κ2) is 5.41. The topological polar surface area (TPSA) is 62.1 Å². The minimum absolute atomic E-state index is 0.188. The van der Waals surface area contributed by atoms with Gasteiger partial charge in [0.15, 0.2) is 0 Å². The van der Waals surface area contributed by atoms with Crippen molar-refractivity contribution in [3.8, 4) is 6.07 Å². The number of hydrogen-bond acceptors (Lipinski definition) is 3. The van der Waals surface area contributed by atoms with Crippen molar-refractivity contribution in [3.63, 3.8) is 0 Å². The molecule has 1 saturated heterocycles. The Balaban J connectivity index is 2.15. The normalized spacial score (nSPS) is 17.5. The van der Waals surface area contributed by atoms with Gasteiger partial charge in [0, 0.05) is 31.6 Å². The highest BCUT2D eigenvalue weighted by atomic mass is 16.5. The molecule has 1 aromatic carbocycles. The van der Waals surface area contributed by atoms with Gasteiger partial charge in [0.1, 0.15) is 5.54 Å². The molecule has 100 valence electrons. The van der Waals surface area contributed by atoms with Gasteiger partial charge in [-0.3, -0.25) is 4.79 Å². The lowest BCUT2D eigenvalue weighted by molar-refractivity contribution is 0.0531. The van der Waals surface area contributed by atoms with Gasteiger partial charge in [-0.2, -0.15) is 5.26 Å². The summed E-state index contributed by atoms with van der Waals surface area (Å²) in [5.74, 6) is -0.188. The fourth-order valence-electron chi connectivity index (χ4n) is 2.16. The number of carbonyl (C=O) groups excluding carboxylic acids is 1. The molecule has 0 saturated carbocycles. The second-order valence-electron chi connectivity index (χ2n) is 5.06. The summed E-state index contributed by atoms with van der Waals surface area (Å²) >= 11 is 0. The average molecular weight is 258 g/mol. The van der Waals surface area contributed by atoms with Crippen LogP contribution in [0.2, 0.25) is 0 Å². The number of nitriles is 1. The number of amides is 1. The van der Waals surface area contributed by atoms with Gasteiger partial charge in [-0.05, 0) is 37.1 Å². The van der Waals surface area contributed by atoms with Crippen molar-refractivity contribution in [3.05, 3.63) is 34.9 Å². The molecule has 0 aromatic heterocycles. The summed E-state index contributed by atoms with van der Waals surface area (Å²) < 4.78 is 5.25. The standard InChI is InChI=1S/C15H18N2O2/c1-11-3-4-13(9-12(11)2)14(18)17-15(10-16)5-7-19-8-6-15/h3-4,9H,5-8H2,1-2H3,(H,17,18). The van der Waals surface area contributed by atoms with Gasteiger partial charge >= 0.3 is 0 Å². The fraction of sp³-hybridized carbons (Fsp3) is 0.467. The zero-order valence-corrected chi connectivity index (χ0v) is 11.3. The van der Waals surface area contributed by atoms with Gasteiger partial charge in [0.25, 0.3) is 5.91 Å². The fourth-order valence-corrected chi connectivity index (χ4v) is 2.16. The van der Waals surface area contributed by atoms with E-state index in [9.17, 15) is 10.1 Å². The minimum Gasteiger partial charge on any atom is -0.381 e. The Labute approximate surface area is 113 Å². The van der Waals surface area contributed by atoms with E-state index in [4.69, 9.17) is 4.74 Å². The smallest absolute Gasteiger partial charge is 0.252 e. The molecule has 1 aliphatic heterocycles. The van der Waals surface area contributed by atoms with Crippen molar-refractivity contribution >= 4 is 5.91 Å². The molecular weight excluding hydrogens is 240 g/mol. The Morgan fingerprint density at radius 1 is 1.32 bits per heavy atom. The van der Waals surface area contributed by atoms with Gasteiger partial charge in [0.05, 0.1) is 6.07 Å². The van der Waals surface area contributed by atoms with Crippen LogP contribution < -0.4 is 5.32 Å². The van der Waals surface area contributed by atoms with Crippen molar-refractivity contribution in [2.45, 2.75) is 32.2 Å². The average Bonchev–Trinajstić information content (AvgIpc) is 2.43. The van der Waals surface area contributed by atoms with Gasteiger partial charge < -0.3 is 10.1 Å². The summed E-state index contributed by atoms with van der Waals surface area (Å²) in [7, 11) is 0. The van der Waals surface area contributed by atoms with Gasteiger partial charge in [-0.1, -0.05) is 6.07 Å². The van der Waals surface area contributed by atoms with Crippen LogP contribution in [0.15, 0.2) is 18.2 Å². The molecule has 1 heterocycles. The van der Waals surface area contributed by atoms with E-state index in [2.05, 4.69) is 11.4 Å². The van der Waals surface area contributed by atoms with Gasteiger partial charge in [0.2, 0.25) is 0 Å². The zero-order valence-electron chi connectivity index (χ0n) is 11.3. The number of nitrogens with one attached hydrogen (secondary N) is 1. The molecule has 1 fully saturated rings. The van der Waals surface area contributed by atoms with Crippen molar-refractivity contribution < 1.29 is 9.53 Å². The Morgan fingerprint density at radius 2 is 2.00 bits per heavy atom. The van der Waals surface area contributed by atoms with E-state index in [1.165, 1.54) is 0 Å². The molecule has 0 spiro atoms. The molecule has 2 rings (SSSR count).